The molecule has 2 N–H and O–H groups in total. The number of halogens is 1. The van der Waals surface area contributed by atoms with Gasteiger partial charge in [0.05, 0.1) is 16.8 Å². The van der Waals surface area contributed by atoms with Crippen LogP contribution in [0, 0.1) is 12.7 Å². The summed E-state index contributed by atoms with van der Waals surface area (Å²) in [7, 11) is 2.10. The molecule has 0 saturated carbocycles. The Kier molecular flexibility index (Phi) is 4.78. The molecule has 0 unspecified atom stereocenters. The first-order chi connectivity index (χ1) is 15.0. The number of fused-ring (bicyclic) bond motifs is 1. The molecule has 0 spiro atoms. The largest absolute Gasteiger partial charge is 0.383 e. The highest BCUT2D eigenvalue weighted by Gasteiger charge is 2.23. The molecule has 0 aliphatic carbocycles. The van der Waals surface area contributed by atoms with E-state index in [0.717, 1.165) is 37.4 Å². The Hall–Kier alpha value is -3.52. The molecule has 0 amide bonds. The second-order valence-corrected chi connectivity index (χ2v) is 8.01. The number of hydrogen-bond donors (Lipinski definition) is 1. The Balaban J connectivity index is 1.73. The van der Waals surface area contributed by atoms with Crippen molar-refractivity contribution in [2.75, 3.05) is 43.9 Å². The van der Waals surface area contributed by atoms with Crippen LogP contribution >= 0.6 is 0 Å². The molecule has 0 atom stereocenters. The fourth-order valence-corrected chi connectivity index (χ4v) is 3.95. The van der Waals surface area contributed by atoms with Crippen LogP contribution in [0.3, 0.4) is 0 Å². The average Bonchev–Trinajstić information content (AvgIpc) is 3.10. The van der Waals surface area contributed by atoms with E-state index in [1.807, 2.05) is 37.3 Å². The minimum absolute atomic E-state index is 0.324. The molecule has 1 saturated heterocycles. The summed E-state index contributed by atoms with van der Waals surface area (Å²) in [6.45, 7) is 5.51. The van der Waals surface area contributed by atoms with Gasteiger partial charge in [-0.15, -0.1) is 5.10 Å². The molecule has 7 nitrogen and oxygen atoms in total. The third kappa shape index (κ3) is 3.59. The summed E-state index contributed by atoms with van der Waals surface area (Å²) in [5, 5.41) is 5.34. The van der Waals surface area contributed by atoms with Gasteiger partial charge in [0.25, 0.3) is 0 Å². The van der Waals surface area contributed by atoms with Crippen LogP contribution in [0.4, 0.5) is 16.2 Å². The number of hydrogen-bond acceptors (Lipinski definition) is 6. The van der Waals surface area contributed by atoms with Crippen molar-refractivity contribution in [1.82, 2.24) is 24.6 Å². The maximum atomic E-state index is 14.1. The monoisotopic (exact) mass is 417 g/mol. The number of rotatable bonds is 3. The van der Waals surface area contributed by atoms with Gasteiger partial charge in [-0.1, -0.05) is 24.3 Å². The van der Waals surface area contributed by atoms with Crippen molar-refractivity contribution in [2.45, 2.75) is 6.92 Å². The van der Waals surface area contributed by atoms with E-state index >= 15 is 0 Å². The number of aromatic nitrogens is 4. The van der Waals surface area contributed by atoms with Crippen LogP contribution in [-0.4, -0.2) is 57.9 Å². The van der Waals surface area contributed by atoms with E-state index in [9.17, 15) is 4.39 Å². The summed E-state index contributed by atoms with van der Waals surface area (Å²) < 4.78 is 15.7. The molecule has 5 rings (SSSR count). The standard InChI is InChI=1S/C23H24FN7/c1-15-5-3-8-18(13-15)31-21(25)19-20(16-6-4-7-17(24)14-16)26-23(27-22(19)28-31)30-11-9-29(2)10-12-30/h3-8,13-14H,9-12,25H2,1-2H3. The SMILES string of the molecule is Cc1cccc(-n2nc3nc(N4CCN(C)CC4)nc(-c4cccc(F)c4)c3c2N)c1. The zero-order valence-corrected chi connectivity index (χ0v) is 17.6. The molecule has 8 heteroatoms. The van der Waals surface area contributed by atoms with Crippen molar-refractivity contribution < 1.29 is 4.39 Å². The fourth-order valence-electron chi connectivity index (χ4n) is 3.95. The summed E-state index contributed by atoms with van der Waals surface area (Å²) in [6.07, 6.45) is 0. The van der Waals surface area contributed by atoms with Gasteiger partial charge >= 0.3 is 0 Å². The second-order valence-electron chi connectivity index (χ2n) is 8.01. The first-order valence-corrected chi connectivity index (χ1v) is 10.3. The van der Waals surface area contributed by atoms with Crippen molar-refractivity contribution in [3.63, 3.8) is 0 Å². The van der Waals surface area contributed by atoms with Crippen molar-refractivity contribution in [3.8, 4) is 16.9 Å². The molecule has 158 valence electrons. The molecule has 0 radical (unpaired) electrons. The predicted molar refractivity (Wildman–Crippen MR) is 121 cm³/mol. The van der Waals surface area contributed by atoms with Gasteiger partial charge in [-0.05, 0) is 43.8 Å². The number of likely N-dealkylation sites (N-methyl/N-ethyl adjacent to an activating group) is 1. The lowest BCUT2D eigenvalue weighted by Crippen LogP contribution is -2.45. The van der Waals surface area contributed by atoms with Crippen molar-refractivity contribution in [1.29, 1.82) is 0 Å². The maximum Gasteiger partial charge on any atom is 0.228 e. The van der Waals surface area contributed by atoms with Crippen LogP contribution in [0.25, 0.3) is 28.0 Å². The third-order valence-corrected chi connectivity index (χ3v) is 5.69. The number of piperazine rings is 1. The topological polar surface area (TPSA) is 76.1 Å². The quantitative estimate of drug-likeness (QED) is 0.551. The zero-order valence-electron chi connectivity index (χ0n) is 17.6. The molecule has 1 fully saturated rings. The van der Waals surface area contributed by atoms with Crippen LogP contribution in [0.1, 0.15) is 5.56 Å². The normalized spacial score (nSPS) is 15.0. The molecule has 3 heterocycles. The van der Waals surface area contributed by atoms with Crippen molar-refractivity contribution >= 4 is 22.8 Å². The van der Waals surface area contributed by atoms with Gasteiger partial charge < -0.3 is 15.5 Å². The highest BCUT2D eigenvalue weighted by atomic mass is 19.1. The summed E-state index contributed by atoms with van der Waals surface area (Å²) in [5.41, 5.74) is 10.2. The number of benzene rings is 2. The zero-order chi connectivity index (χ0) is 21.5. The molecule has 31 heavy (non-hydrogen) atoms. The Bertz CT molecular complexity index is 1260. The van der Waals surface area contributed by atoms with Gasteiger partial charge in [0, 0.05) is 31.7 Å². The predicted octanol–water partition coefficient (Wildman–Crippen LogP) is 3.26. The highest BCUT2D eigenvalue weighted by molar-refractivity contribution is 5.99. The number of nitrogen functional groups attached to an aromatic ring is 1. The molecule has 0 bridgehead atoms. The molecule has 2 aromatic carbocycles. The van der Waals surface area contributed by atoms with E-state index in [-0.39, 0.29) is 5.82 Å². The Morgan fingerprint density at radius 1 is 0.968 bits per heavy atom. The van der Waals surface area contributed by atoms with E-state index in [1.165, 1.54) is 12.1 Å². The van der Waals surface area contributed by atoms with Gasteiger partial charge in [0.2, 0.25) is 5.95 Å². The third-order valence-electron chi connectivity index (χ3n) is 5.69. The van der Waals surface area contributed by atoms with Crippen LogP contribution in [0.2, 0.25) is 0 Å². The second kappa shape index (κ2) is 7.63. The summed E-state index contributed by atoms with van der Waals surface area (Å²) in [5.74, 6) is 0.702. The van der Waals surface area contributed by atoms with Crippen molar-refractivity contribution in [2.24, 2.45) is 0 Å². The van der Waals surface area contributed by atoms with Gasteiger partial charge in [0.15, 0.2) is 5.65 Å². The first-order valence-electron chi connectivity index (χ1n) is 10.3. The van der Waals surface area contributed by atoms with E-state index in [1.54, 1.807) is 10.7 Å². The molecule has 4 aromatic rings. The first kappa shape index (κ1) is 19.4. The lowest BCUT2D eigenvalue weighted by Gasteiger charge is -2.32. The summed E-state index contributed by atoms with van der Waals surface area (Å²) >= 11 is 0. The van der Waals surface area contributed by atoms with Crippen LogP contribution < -0.4 is 10.6 Å². The fraction of sp³-hybridized carbons (Fsp3) is 0.261. The van der Waals surface area contributed by atoms with Gasteiger partial charge in [-0.3, -0.25) is 0 Å². The number of anilines is 2. The minimum atomic E-state index is -0.324. The minimum Gasteiger partial charge on any atom is -0.383 e. The smallest absolute Gasteiger partial charge is 0.228 e. The Morgan fingerprint density at radius 2 is 1.74 bits per heavy atom. The number of nitrogens with zero attached hydrogens (tertiary/aromatic N) is 6. The van der Waals surface area contributed by atoms with Crippen LogP contribution in [-0.2, 0) is 0 Å². The van der Waals surface area contributed by atoms with Gasteiger partial charge in [-0.25, -0.2) is 14.1 Å². The lowest BCUT2D eigenvalue weighted by atomic mass is 10.1. The highest BCUT2D eigenvalue weighted by Crippen LogP contribution is 2.34. The van der Waals surface area contributed by atoms with Gasteiger partial charge in [0.1, 0.15) is 11.6 Å². The van der Waals surface area contributed by atoms with E-state index < -0.39 is 0 Å². The molecular weight excluding hydrogens is 393 g/mol. The van der Waals surface area contributed by atoms with Crippen LogP contribution in [0.5, 0.6) is 0 Å². The number of aryl methyl sites for hydroxylation is 1. The van der Waals surface area contributed by atoms with Gasteiger partial charge in [-0.2, -0.15) is 4.98 Å². The molecule has 1 aliphatic heterocycles. The summed E-state index contributed by atoms with van der Waals surface area (Å²) in [6, 6.07) is 14.3. The Labute approximate surface area is 179 Å². The van der Waals surface area contributed by atoms with Crippen molar-refractivity contribution in [3.05, 3.63) is 59.9 Å². The molecular formula is C23H24FN7. The Morgan fingerprint density at radius 3 is 2.48 bits per heavy atom. The maximum absolute atomic E-state index is 14.1. The lowest BCUT2D eigenvalue weighted by molar-refractivity contribution is 0.311. The summed E-state index contributed by atoms with van der Waals surface area (Å²) in [4.78, 5) is 14.0. The van der Waals surface area contributed by atoms with E-state index in [0.29, 0.717) is 34.1 Å². The number of nitrogens with two attached hydrogens (primary N) is 1. The molecule has 1 aliphatic rings. The van der Waals surface area contributed by atoms with Crippen LogP contribution in [0.15, 0.2) is 48.5 Å². The van der Waals surface area contributed by atoms with E-state index in [2.05, 4.69) is 16.8 Å². The molecule has 2 aromatic heterocycles. The average molecular weight is 417 g/mol. The van der Waals surface area contributed by atoms with E-state index in [4.69, 9.17) is 20.8 Å².